The van der Waals surface area contributed by atoms with E-state index in [1.165, 1.54) is 19.3 Å². The molecule has 1 fully saturated rings. The Hall–Kier alpha value is -0.570. The van der Waals surface area contributed by atoms with E-state index in [0.29, 0.717) is 5.92 Å². The summed E-state index contributed by atoms with van der Waals surface area (Å²) in [5.74, 6) is 0.586. The summed E-state index contributed by atoms with van der Waals surface area (Å²) in [4.78, 5) is 14.1. The monoisotopic (exact) mass is 226 g/mol. The smallest absolute Gasteiger partial charge is 0.239 e. The SMILES string of the molecule is CCCN(CC)C(=O)[C@@H](N)C1CCCCC1. The molecule has 1 rings (SSSR count). The summed E-state index contributed by atoms with van der Waals surface area (Å²) in [6, 6.07) is -0.258. The summed E-state index contributed by atoms with van der Waals surface area (Å²) in [5.41, 5.74) is 6.11. The molecule has 0 aromatic carbocycles. The lowest BCUT2D eigenvalue weighted by Crippen LogP contribution is -2.48. The molecule has 1 amide bonds. The third-order valence-corrected chi connectivity index (χ3v) is 3.63. The predicted molar refractivity (Wildman–Crippen MR) is 67.1 cm³/mol. The first-order chi connectivity index (χ1) is 7.70. The van der Waals surface area contributed by atoms with Gasteiger partial charge in [0.25, 0.3) is 0 Å². The molecule has 1 atom stereocenters. The first kappa shape index (κ1) is 13.5. The van der Waals surface area contributed by atoms with Gasteiger partial charge in [0.15, 0.2) is 0 Å². The molecule has 3 nitrogen and oxygen atoms in total. The van der Waals surface area contributed by atoms with Gasteiger partial charge in [0, 0.05) is 13.1 Å². The van der Waals surface area contributed by atoms with Crippen LogP contribution in [0.5, 0.6) is 0 Å². The number of nitrogens with zero attached hydrogens (tertiary/aromatic N) is 1. The molecule has 0 spiro atoms. The number of rotatable bonds is 5. The van der Waals surface area contributed by atoms with Crippen molar-refractivity contribution in [2.75, 3.05) is 13.1 Å². The van der Waals surface area contributed by atoms with Gasteiger partial charge in [0.2, 0.25) is 5.91 Å². The van der Waals surface area contributed by atoms with Gasteiger partial charge >= 0.3 is 0 Å². The number of nitrogens with two attached hydrogens (primary N) is 1. The quantitative estimate of drug-likeness (QED) is 0.781. The molecule has 0 aromatic heterocycles. The molecular weight excluding hydrogens is 200 g/mol. The molecule has 16 heavy (non-hydrogen) atoms. The van der Waals surface area contributed by atoms with E-state index in [1.807, 2.05) is 11.8 Å². The highest BCUT2D eigenvalue weighted by Gasteiger charge is 2.28. The molecule has 2 N–H and O–H groups in total. The van der Waals surface area contributed by atoms with Crippen LogP contribution in [0, 0.1) is 5.92 Å². The average Bonchev–Trinajstić information content (AvgIpc) is 2.35. The minimum Gasteiger partial charge on any atom is -0.342 e. The van der Waals surface area contributed by atoms with Gasteiger partial charge in [-0.05, 0) is 32.1 Å². The van der Waals surface area contributed by atoms with Gasteiger partial charge in [-0.3, -0.25) is 4.79 Å². The van der Waals surface area contributed by atoms with Gasteiger partial charge in [-0.15, -0.1) is 0 Å². The summed E-state index contributed by atoms with van der Waals surface area (Å²) < 4.78 is 0. The average molecular weight is 226 g/mol. The molecule has 1 saturated carbocycles. The van der Waals surface area contributed by atoms with Crippen molar-refractivity contribution in [3.05, 3.63) is 0 Å². The maximum atomic E-state index is 12.2. The van der Waals surface area contributed by atoms with Crippen LogP contribution >= 0.6 is 0 Å². The molecule has 3 heteroatoms. The van der Waals surface area contributed by atoms with Crippen molar-refractivity contribution in [2.45, 2.75) is 58.4 Å². The van der Waals surface area contributed by atoms with E-state index in [4.69, 9.17) is 5.73 Å². The Morgan fingerprint density at radius 3 is 2.44 bits per heavy atom. The number of amides is 1. The van der Waals surface area contributed by atoms with Crippen LogP contribution < -0.4 is 5.73 Å². The van der Waals surface area contributed by atoms with Crippen LogP contribution in [0.2, 0.25) is 0 Å². The van der Waals surface area contributed by atoms with Crippen LogP contribution in [0.1, 0.15) is 52.4 Å². The Bertz CT molecular complexity index is 212. The number of hydrogen-bond donors (Lipinski definition) is 1. The minimum absolute atomic E-state index is 0.163. The molecular formula is C13H26N2O. The lowest BCUT2D eigenvalue weighted by atomic mass is 9.84. The molecule has 0 bridgehead atoms. The predicted octanol–water partition coefficient (Wildman–Crippen LogP) is 2.15. The Morgan fingerprint density at radius 2 is 1.94 bits per heavy atom. The van der Waals surface area contributed by atoms with Gasteiger partial charge in [-0.1, -0.05) is 26.2 Å². The van der Waals surface area contributed by atoms with Crippen LogP contribution in [-0.2, 0) is 4.79 Å². The first-order valence-electron chi connectivity index (χ1n) is 6.75. The second-order valence-corrected chi connectivity index (χ2v) is 4.84. The Labute approximate surface area is 99.4 Å². The second-order valence-electron chi connectivity index (χ2n) is 4.84. The second kappa shape index (κ2) is 6.89. The first-order valence-corrected chi connectivity index (χ1v) is 6.75. The van der Waals surface area contributed by atoms with Crippen molar-refractivity contribution < 1.29 is 4.79 Å². The van der Waals surface area contributed by atoms with Crippen molar-refractivity contribution in [3.63, 3.8) is 0 Å². The van der Waals surface area contributed by atoms with Crippen LogP contribution in [0.4, 0.5) is 0 Å². The minimum atomic E-state index is -0.258. The molecule has 94 valence electrons. The van der Waals surface area contributed by atoms with E-state index in [0.717, 1.165) is 32.4 Å². The molecule has 0 radical (unpaired) electrons. The third kappa shape index (κ3) is 3.48. The van der Waals surface area contributed by atoms with Crippen LogP contribution in [-0.4, -0.2) is 29.9 Å². The number of hydrogen-bond acceptors (Lipinski definition) is 2. The zero-order valence-corrected chi connectivity index (χ0v) is 10.7. The molecule has 0 aromatic rings. The summed E-state index contributed by atoms with van der Waals surface area (Å²) in [5, 5.41) is 0. The zero-order chi connectivity index (χ0) is 12.0. The summed E-state index contributed by atoms with van der Waals surface area (Å²) in [6.45, 7) is 5.76. The maximum absolute atomic E-state index is 12.2. The molecule has 1 aliphatic rings. The van der Waals surface area contributed by atoms with E-state index in [-0.39, 0.29) is 11.9 Å². The molecule has 1 aliphatic carbocycles. The van der Waals surface area contributed by atoms with Crippen molar-refractivity contribution in [1.29, 1.82) is 0 Å². The fourth-order valence-corrected chi connectivity index (χ4v) is 2.60. The molecule has 0 saturated heterocycles. The number of likely N-dealkylation sites (N-methyl/N-ethyl adjacent to an activating group) is 1. The van der Waals surface area contributed by atoms with Crippen molar-refractivity contribution in [3.8, 4) is 0 Å². The summed E-state index contributed by atoms with van der Waals surface area (Å²) in [7, 11) is 0. The lowest BCUT2D eigenvalue weighted by Gasteiger charge is -2.31. The fourth-order valence-electron chi connectivity index (χ4n) is 2.60. The Morgan fingerprint density at radius 1 is 1.31 bits per heavy atom. The van der Waals surface area contributed by atoms with Crippen molar-refractivity contribution in [1.82, 2.24) is 4.90 Å². The number of carbonyl (C=O) groups is 1. The van der Waals surface area contributed by atoms with Crippen LogP contribution in [0.25, 0.3) is 0 Å². The zero-order valence-electron chi connectivity index (χ0n) is 10.7. The lowest BCUT2D eigenvalue weighted by molar-refractivity contribution is -0.134. The largest absolute Gasteiger partial charge is 0.342 e. The van der Waals surface area contributed by atoms with Gasteiger partial charge in [0.1, 0.15) is 0 Å². The van der Waals surface area contributed by atoms with Crippen molar-refractivity contribution in [2.24, 2.45) is 11.7 Å². The van der Waals surface area contributed by atoms with Gasteiger partial charge in [0.05, 0.1) is 6.04 Å². The van der Waals surface area contributed by atoms with Gasteiger partial charge in [-0.2, -0.15) is 0 Å². The highest BCUT2D eigenvalue weighted by molar-refractivity contribution is 5.82. The van der Waals surface area contributed by atoms with Gasteiger partial charge < -0.3 is 10.6 Å². The molecule has 0 unspecified atom stereocenters. The maximum Gasteiger partial charge on any atom is 0.239 e. The van der Waals surface area contributed by atoms with E-state index in [9.17, 15) is 4.79 Å². The van der Waals surface area contributed by atoms with E-state index in [1.54, 1.807) is 0 Å². The topological polar surface area (TPSA) is 46.3 Å². The molecule has 0 aliphatic heterocycles. The van der Waals surface area contributed by atoms with Crippen molar-refractivity contribution >= 4 is 5.91 Å². The third-order valence-electron chi connectivity index (χ3n) is 3.63. The summed E-state index contributed by atoms with van der Waals surface area (Å²) in [6.07, 6.45) is 7.07. The fraction of sp³-hybridized carbons (Fsp3) is 0.923. The Kier molecular flexibility index (Phi) is 5.81. The standard InChI is InChI=1S/C13H26N2O/c1-3-10-15(4-2)13(16)12(14)11-8-6-5-7-9-11/h11-12H,3-10,14H2,1-2H3/t12-/m0/s1. The van der Waals surface area contributed by atoms with Crippen LogP contribution in [0.15, 0.2) is 0 Å². The van der Waals surface area contributed by atoms with E-state index < -0.39 is 0 Å². The van der Waals surface area contributed by atoms with Gasteiger partial charge in [-0.25, -0.2) is 0 Å². The molecule has 0 heterocycles. The number of carbonyl (C=O) groups excluding carboxylic acids is 1. The van der Waals surface area contributed by atoms with Crippen LogP contribution in [0.3, 0.4) is 0 Å². The summed E-state index contributed by atoms with van der Waals surface area (Å²) >= 11 is 0. The highest BCUT2D eigenvalue weighted by Crippen LogP contribution is 2.26. The van der Waals surface area contributed by atoms with E-state index >= 15 is 0 Å². The van der Waals surface area contributed by atoms with E-state index in [2.05, 4.69) is 6.92 Å². The Balaban J connectivity index is 2.49. The normalized spacial score (nSPS) is 19.4. The highest BCUT2D eigenvalue weighted by atomic mass is 16.2.